The number of H-pyrrole nitrogens is 1. The van der Waals surface area contributed by atoms with Crippen LogP contribution in [-0.4, -0.2) is 16.6 Å². The van der Waals surface area contributed by atoms with Crippen LogP contribution in [0, 0.1) is 0 Å². The number of nitrogens with zero attached hydrogens (tertiary/aromatic N) is 1. The lowest BCUT2D eigenvalue weighted by Crippen LogP contribution is -2.27. The topological polar surface area (TPSA) is 55.0 Å². The molecular weight excluding hydrogens is 204 g/mol. The van der Waals surface area contributed by atoms with E-state index in [2.05, 4.69) is 9.97 Å². The Morgan fingerprint density at radius 3 is 2.88 bits per heavy atom. The van der Waals surface area contributed by atoms with Crippen LogP contribution in [0.3, 0.4) is 0 Å². The van der Waals surface area contributed by atoms with Gasteiger partial charge in [-0.15, -0.1) is 0 Å². The van der Waals surface area contributed by atoms with Crippen molar-refractivity contribution in [1.82, 2.24) is 9.97 Å². The molecule has 1 aliphatic rings. The lowest BCUT2D eigenvalue weighted by atomic mass is 10.0. The molecule has 1 unspecified atom stereocenters. The van der Waals surface area contributed by atoms with Gasteiger partial charge in [0.15, 0.2) is 0 Å². The molecule has 2 rings (SSSR count). The van der Waals surface area contributed by atoms with Crippen LogP contribution < -0.4 is 5.56 Å². The minimum atomic E-state index is -0.413. The lowest BCUT2D eigenvalue weighted by molar-refractivity contribution is 0.00891. The van der Waals surface area contributed by atoms with E-state index in [9.17, 15) is 4.79 Å². The summed E-state index contributed by atoms with van der Waals surface area (Å²) in [5, 5.41) is 0. The maximum absolute atomic E-state index is 11.6. The first-order valence-corrected chi connectivity index (χ1v) is 5.77. The molecule has 1 fully saturated rings. The molecule has 16 heavy (non-hydrogen) atoms. The molecule has 88 valence electrons. The standard InChI is InChI=1S/C12H18N2O2/c1-8(2)9-7-10(15)14-11(13-9)12(3)5-4-6-16-12/h7-8H,4-6H2,1-3H3,(H,13,14,15). The number of aromatic amines is 1. The van der Waals surface area contributed by atoms with Crippen LogP contribution in [0.5, 0.6) is 0 Å². The normalized spacial score (nSPS) is 25.2. The Bertz CT molecular complexity index is 431. The molecule has 1 atom stereocenters. The molecule has 0 radical (unpaired) electrons. The first-order chi connectivity index (χ1) is 7.51. The van der Waals surface area contributed by atoms with Crippen LogP contribution in [0.25, 0.3) is 0 Å². The molecule has 0 amide bonds. The van der Waals surface area contributed by atoms with Gasteiger partial charge in [-0.2, -0.15) is 0 Å². The Hall–Kier alpha value is -1.16. The summed E-state index contributed by atoms with van der Waals surface area (Å²) in [6.07, 6.45) is 1.93. The third-order valence-corrected chi connectivity index (χ3v) is 3.07. The highest BCUT2D eigenvalue weighted by molar-refractivity contribution is 5.11. The lowest BCUT2D eigenvalue weighted by Gasteiger charge is -2.22. The van der Waals surface area contributed by atoms with E-state index in [-0.39, 0.29) is 11.5 Å². The van der Waals surface area contributed by atoms with Gasteiger partial charge in [0.05, 0.1) is 5.69 Å². The molecule has 1 aromatic rings. The molecule has 0 aliphatic carbocycles. The first-order valence-electron chi connectivity index (χ1n) is 5.77. The van der Waals surface area contributed by atoms with Crippen LogP contribution in [0.2, 0.25) is 0 Å². The van der Waals surface area contributed by atoms with Gasteiger partial charge in [0.1, 0.15) is 11.4 Å². The van der Waals surface area contributed by atoms with E-state index in [1.165, 1.54) is 0 Å². The number of ether oxygens (including phenoxy) is 1. The van der Waals surface area contributed by atoms with Gasteiger partial charge in [-0.05, 0) is 25.7 Å². The highest BCUT2D eigenvalue weighted by Gasteiger charge is 2.34. The summed E-state index contributed by atoms with van der Waals surface area (Å²) in [4.78, 5) is 18.9. The highest BCUT2D eigenvalue weighted by atomic mass is 16.5. The van der Waals surface area contributed by atoms with Gasteiger partial charge in [-0.3, -0.25) is 4.79 Å². The molecule has 4 nitrogen and oxygen atoms in total. The van der Waals surface area contributed by atoms with E-state index in [4.69, 9.17) is 4.74 Å². The van der Waals surface area contributed by atoms with Crippen molar-refractivity contribution >= 4 is 0 Å². The number of aromatic nitrogens is 2. The summed E-state index contributed by atoms with van der Waals surface area (Å²) >= 11 is 0. The van der Waals surface area contributed by atoms with Gasteiger partial charge >= 0.3 is 0 Å². The summed E-state index contributed by atoms with van der Waals surface area (Å²) in [7, 11) is 0. The van der Waals surface area contributed by atoms with Crippen molar-refractivity contribution in [1.29, 1.82) is 0 Å². The minimum Gasteiger partial charge on any atom is -0.367 e. The fourth-order valence-corrected chi connectivity index (χ4v) is 1.99. The molecule has 2 heterocycles. The Balaban J connectivity index is 2.44. The Labute approximate surface area is 95.1 Å². The van der Waals surface area contributed by atoms with E-state index in [1.54, 1.807) is 6.07 Å². The summed E-state index contributed by atoms with van der Waals surface area (Å²) in [6.45, 7) is 6.79. The molecule has 0 bridgehead atoms. The molecular formula is C12H18N2O2. The van der Waals surface area contributed by atoms with E-state index >= 15 is 0 Å². The smallest absolute Gasteiger partial charge is 0.251 e. The second kappa shape index (κ2) is 4.01. The number of hydrogen-bond acceptors (Lipinski definition) is 3. The van der Waals surface area contributed by atoms with Crippen molar-refractivity contribution in [2.24, 2.45) is 0 Å². The Morgan fingerprint density at radius 1 is 1.56 bits per heavy atom. The third-order valence-electron chi connectivity index (χ3n) is 3.07. The molecule has 4 heteroatoms. The SMILES string of the molecule is CC(C)c1cc(=O)[nH]c(C2(C)CCCO2)n1. The summed E-state index contributed by atoms with van der Waals surface area (Å²) in [5.41, 5.74) is 0.324. The molecule has 1 aromatic heterocycles. The highest BCUT2D eigenvalue weighted by Crippen LogP contribution is 2.33. The van der Waals surface area contributed by atoms with Crippen molar-refractivity contribution in [2.75, 3.05) is 6.61 Å². The summed E-state index contributed by atoms with van der Waals surface area (Å²) < 4.78 is 5.68. The maximum atomic E-state index is 11.6. The van der Waals surface area contributed by atoms with Gasteiger partial charge in [-0.25, -0.2) is 4.98 Å². The van der Waals surface area contributed by atoms with Crippen LogP contribution in [0.15, 0.2) is 10.9 Å². The van der Waals surface area contributed by atoms with Crippen molar-refractivity contribution in [3.05, 3.63) is 27.9 Å². The molecule has 0 saturated carbocycles. The van der Waals surface area contributed by atoms with Gasteiger partial charge < -0.3 is 9.72 Å². The molecule has 0 spiro atoms. The molecule has 0 aromatic carbocycles. The Kier molecular flexibility index (Phi) is 2.84. The Morgan fingerprint density at radius 2 is 2.31 bits per heavy atom. The summed E-state index contributed by atoms with van der Waals surface area (Å²) in [5.74, 6) is 0.923. The van der Waals surface area contributed by atoms with Crippen LogP contribution >= 0.6 is 0 Å². The van der Waals surface area contributed by atoms with E-state index in [0.717, 1.165) is 25.1 Å². The van der Waals surface area contributed by atoms with E-state index in [0.29, 0.717) is 5.82 Å². The van der Waals surface area contributed by atoms with Gasteiger partial charge in [0.2, 0.25) is 0 Å². The second-order valence-corrected chi connectivity index (χ2v) is 4.86. The monoisotopic (exact) mass is 222 g/mol. The molecule has 1 N–H and O–H groups in total. The quantitative estimate of drug-likeness (QED) is 0.831. The zero-order chi connectivity index (χ0) is 11.8. The van der Waals surface area contributed by atoms with Gasteiger partial charge in [0, 0.05) is 12.7 Å². The predicted octanol–water partition coefficient (Wildman–Crippen LogP) is 1.92. The molecule has 1 saturated heterocycles. The van der Waals surface area contributed by atoms with Crippen molar-refractivity contribution in [3.63, 3.8) is 0 Å². The fourth-order valence-electron chi connectivity index (χ4n) is 1.99. The average molecular weight is 222 g/mol. The van der Waals surface area contributed by atoms with E-state index in [1.807, 2.05) is 20.8 Å². The van der Waals surface area contributed by atoms with E-state index < -0.39 is 5.60 Å². The second-order valence-electron chi connectivity index (χ2n) is 4.86. The maximum Gasteiger partial charge on any atom is 0.251 e. The van der Waals surface area contributed by atoms with Crippen LogP contribution in [-0.2, 0) is 10.3 Å². The number of rotatable bonds is 2. The third kappa shape index (κ3) is 2.02. The van der Waals surface area contributed by atoms with Gasteiger partial charge in [-0.1, -0.05) is 13.8 Å². The molecule has 1 aliphatic heterocycles. The van der Waals surface area contributed by atoms with Crippen molar-refractivity contribution < 1.29 is 4.74 Å². The van der Waals surface area contributed by atoms with Crippen LogP contribution in [0.1, 0.15) is 51.0 Å². The fraction of sp³-hybridized carbons (Fsp3) is 0.667. The zero-order valence-electron chi connectivity index (χ0n) is 10.0. The number of hydrogen-bond donors (Lipinski definition) is 1. The largest absolute Gasteiger partial charge is 0.367 e. The van der Waals surface area contributed by atoms with Crippen molar-refractivity contribution in [3.8, 4) is 0 Å². The average Bonchev–Trinajstić information content (AvgIpc) is 2.65. The van der Waals surface area contributed by atoms with Crippen LogP contribution in [0.4, 0.5) is 0 Å². The predicted molar refractivity (Wildman–Crippen MR) is 61.5 cm³/mol. The zero-order valence-corrected chi connectivity index (χ0v) is 10.0. The first kappa shape index (κ1) is 11.3. The van der Waals surface area contributed by atoms with Crippen molar-refractivity contribution in [2.45, 2.75) is 45.1 Å². The number of nitrogens with one attached hydrogen (secondary N) is 1. The summed E-state index contributed by atoms with van der Waals surface area (Å²) in [6, 6.07) is 1.56. The van der Waals surface area contributed by atoms with Gasteiger partial charge in [0.25, 0.3) is 5.56 Å². The minimum absolute atomic E-state index is 0.0922.